The van der Waals surface area contributed by atoms with Crippen molar-refractivity contribution in [2.75, 3.05) is 7.11 Å². The number of benzene rings is 1. The average Bonchev–Trinajstić information content (AvgIpc) is 2.37. The molecule has 2 aromatic rings. The van der Waals surface area contributed by atoms with Gasteiger partial charge < -0.3 is 14.8 Å². The fraction of sp³-hybridized carbons (Fsp3) is 0.231. The van der Waals surface area contributed by atoms with Crippen LogP contribution < -0.4 is 16.0 Å². The van der Waals surface area contributed by atoms with E-state index in [1.54, 1.807) is 19.1 Å². The summed E-state index contributed by atoms with van der Waals surface area (Å²) in [5.74, 6) is 0.0797. The molecule has 7 heteroatoms. The lowest BCUT2D eigenvalue weighted by Gasteiger charge is -2.09. The quantitative estimate of drug-likeness (QED) is 0.796. The molecule has 0 aliphatic carbocycles. The molecule has 3 N–H and O–H groups in total. The van der Waals surface area contributed by atoms with Crippen LogP contribution >= 0.6 is 11.6 Å². The third-order valence-corrected chi connectivity index (χ3v) is 3.23. The number of methoxy groups -OCH3 is 1. The van der Waals surface area contributed by atoms with E-state index in [-0.39, 0.29) is 22.9 Å². The topological polar surface area (TPSA) is 95.2 Å². The molecule has 1 aromatic carbocycles. The van der Waals surface area contributed by atoms with Crippen LogP contribution in [0.5, 0.6) is 11.5 Å². The van der Waals surface area contributed by atoms with Crippen LogP contribution in [0.25, 0.3) is 0 Å². The monoisotopic (exact) mass is 296 g/mol. The van der Waals surface area contributed by atoms with Crippen molar-refractivity contribution in [1.29, 1.82) is 0 Å². The number of rotatable bonds is 3. The number of hydrogen-bond donors (Lipinski definition) is 3. The highest BCUT2D eigenvalue weighted by Gasteiger charge is 2.12. The van der Waals surface area contributed by atoms with Gasteiger partial charge in [0.15, 0.2) is 11.5 Å². The van der Waals surface area contributed by atoms with Gasteiger partial charge in [-0.25, -0.2) is 4.79 Å². The molecule has 1 heterocycles. The number of phenols is 1. The maximum atomic E-state index is 11.8. The summed E-state index contributed by atoms with van der Waals surface area (Å²) in [7, 11) is 1.41. The molecule has 0 amide bonds. The second kappa shape index (κ2) is 5.42. The van der Waals surface area contributed by atoms with Crippen molar-refractivity contribution in [3.8, 4) is 11.5 Å². The predicted molar refractivity (Wildman–Crippen MR) is 74.9 cm³/mol. The summed E-state index contributed by atoms with van der Waals surface area (Å²) in [4.78, 5) is 27.6. The van der Waals surface area contributed by atoms with Gasteiger partial charge in [-0.2, -0.15) is 0 Å². The van der Waals surface area contributed by atoms with Gasteiger partial charge in [-0.3, -0.25) is 9.78 Å². The van der Waals surface area contributed by atoms with Crippen LogP contribution in [-0.2, 0) is 6.42 Å². The molecule has 20 heavy (non-hydrogen) atoms. The van der Waals surface area contributed by atoms with Crippen molar-refractivity contribution < 1.29 is 9.84 Å². The summed E-state index contributed by atoms with van der Waals surface area (Å²) in [5, 5.41) is 9.80. The van der Waals surface area contributed by atoms with Crippen LogP contribution in [0.3, 0.4) is 0 Å². The summed E-state index contributed by atoms with van der Waals surface area (Å²) >= 11 is 5.90. The Balaban J connectivity index is 2.48. The molecule has 1 aromatic heterocycles. The standard InChI is InChI=1S/C13H13ClN2O4/c1-6-8(12(18)16-13(19)15-6)3-7-4-9(14)11(17)10(5-7)20-2/h4-5,17H,3H2,1-2H3,(H2,15,16,18,19). The number of nitrogens with one attached hydrogen (secondary N) is 2. The molecule has 2 rings (SSSR count). The second-order valence-corrected chi connectivity index (χ2v) is 4.72. The van der Waals surface area contributed by atoms with Gasteiger partial charge in [0.05, 0.1) is 12.1 Å². The number of hydrogen-bond acceptors (Lipinski definition) is 4. The fourth-order valence-electron chi connectivity index (χ4n) is 1.93. The van der Waals surface area contributed by atoms with Crippen LogP contribution in [0.4, 0.5) is 0 Å². The lowest BCUT2D eigenvalue weighted by Crippen LogP contribution is -2.27. The third kappa shape index (κ3) is 2.70. The smallest absolute Gasteiger partial charge is 0.325 e. The SMILES string of the molecule is COc1cc(Cc2c(C)[nH]c(=O)[nH]c2=O)cc(Cl)c1O. The molecular weight excluding hydrogens is 284 g/mol. The van der Waals surface area contributed by atoms with Crippen LogP contribution in [0.15, 0.2) is 21.7 Å². The zero-order valence-corrected chi connectivity index (χ0v) is 11.7. The highest BCUT2D eigenvalue weighted by atomic mass is 35.5. The first-order valence-corrected chi connectivity index (χ1v) is 6.17. The first kappa shape index (κ1) is 14.2. The van der Waals surface area contributed by atoms with Crippen molar-refractivity contribution in [1.82, 2.24) is 9.97 Å². The van der Waals surface area contributed by atoms with Crippen molar-refractivity contribution in [2.45, 2.75) is 13.3 Å². The molecule has 0 fully saturated rings. The summed E-state index contributed by atoms with van der Waals surface area (Å²) in [6.45, 7) is 1.64. The molecule has 0 unspecified atom stereocenters. The van der Waals surface area contributed by atoms with Crippen LogP contribution in [-0.4, -0.2) is 22.2 Å². The largest absolute Gasteiger partial charge is 0.503 e. The summed E-state index contributed by atoms with van der Waals surface area (Å²) in [5.41, 5.74) is 0.604. The van der Waals surface area contributed by atoms with Crippen LogP contribution in [0.1, 0.15) is 16.8 Å². The molecule has 6 nitrogen and oxygen atoms in total. The Morgan fingerprint density at radius 1 is 1.30 bits per heavy atom. The van der Waals surface area contributed by atoms with E-state index >= 15 is 0 Å². The van der Waals surface area contributed by atoms with E-state index < -0.39 is 11.2 Å². The van der Waals surface area contributed by atoms with Crippen LogP contribution in [0.2, 0.25) is 5.02 Å². The van der Waals surface area contributed by atoms with Crippen molar-refractivity contribution >= 4 is 11.6 Å². The van der Waals surface area contributed by atoms with E-state index in [4.69, 9.17) is 16.3 Å². The van der Waals surface area contributed by atoms with Gasteiger partial charge in [-0.05, 0) is 24.6 Å². The number of aromatic hydroxyl groups is 1. The highest BCUT2D eigenvalue weighted by Crippen LogP contribution is 2.35. The summed E-state index contributed by atoms with van der Waals surface area (Å²) < 4.78 is 5.01. The second-order valence-electron chi connectivity index (χ2n) is 4.32. The van der Waals surface area contributed by atoms with Crippen molar-refractivity contribution in [3.05, 3.63) is 54.8 Å². The van der Waals surface area contributed by atoms with Crippen molar-refractivity contribution in [2.24, 2.45) is 0 Å². The summed E-state index contributed by atoms with van der Waals surface area (Å²) in [6, 6.07) is 3.13. The molecule has 0 radical (unpaired) electrons. The number of aromatic nitrogens is 2. The maximum Gasteiger partial charge on any atom is 0.325 e. The minimum absolute atomic E-state index is 0.137. The molecule has 0 atom stereocenters. The van der Waals surface area contributed by atoms with Crippen LogP contribution in [0, 0.1) is 6.92 Å². The normalized spacial score (nSPS) is 10.6. The Bertz CT molecular complexity index is 764. The highest BCUT2D eigenvalue weighted by molar-refractivity contribution is 6.32. The maximum absolute atomic E-state index is 11.8. The molecule has 0 aliphatic rings. The Morgan fingerprint density at radius 3 is 2.60 bits per heavy atom. The number of phenolic OH excluding ortho intramolecular Hbond substituents is 1. The van der Waals surface area contributed by atoms with Gasteiger partial charge in [-0.1, -0.05) is 11.6 Å². The van der Waals surface area contributed by atoms with E-state index in [0.29, 0.717) is 16.8 Å². The van der Waals surface area contributed by atoms with Gasteiger partial charge in [0.2, 0.25) is 0 Å². The molecule has 106 valence electrons. The minimum Gasteiger partial charge on any atom is -0.503 e. The van der Waals surface area contributed by atoms with Crippen molar-refractivity contribution in [3.63, 3.8) is 0 Å². The predicted octanol–water partition coefficient (Wildman–Crippen LogP) is 1.33. The lowest BCUT2D eigenvalue weighted by molar-refractivity contribution is 0.373. The Labute approximate surface area is 119 Å². The third-order valence-electron chi connectivity index (χ3n) is 2.94. The first-order chi connectivity index (χ1) is 9.42. The van der Waals surface area contributed by atoms with Gasteiger partial charge in [0, 0.05) is 17.7 Å². The zero-order valence-electron chi connectivity index (χ0n) is 10.9. The Kier molecular flexibility index (Phi) is 3.85. The first-order valence-electron chi connectivity index (χ1n) is 5.80. The molecule has 0 saturated heterocycles. The molecule has 0 bridgehead atoms. The number of aromatic amines is 2. The van der Waals surface area contributed by atoms with Gasteiger partial charge in [0.25, 0.3) is 5.56 Å². The Morgan fingerprint density at radius 2 is 2.00 bits per heavy atom. The Hall–Kier alpha value is -2.21. The fourth-order valence-corrected chi connectivity index (χ4v) is 2.16. The van der Waals surface area contributed by atoms with E-state index in [9.17, 15) is 14.7 Å². The molecule has 0 spiro atoms. The summed E-state index contributed by atoms with van der Waals surface area (Å²) in [6.07, 6.45) is 0.258. The van der Waals surface area contributed by atoms with Gasteiger partial charge in [0.1, 0.15) is 0 Å². The molecular formula is C13H13ClN2O4. The van der Waals surface area contributed by atoms with E-state index in [1.807, 2.05) is 0 Å². The zero-order chi connectivity index (χ0) is 14.9. The average molecular weight is 297 g/mol. The van der Waals surface area contributed by atoms with Gasteiger partial charge >= 0.3 is 5.69 Å². The molecule has 0 aliphatic heterocycles. The van der Waals surface area contributed by atoms with E-state index in [0.717, 1.165) is 0 Å². The van der Waals surface area contributed by atoms with E-state index in [2.05, 4.69) is 9.97 Å². The minimum atomic E-state index is -0.544. The number of halogens is 1. The van der Waals surface area contributed by atoms with Gasteiger partial charge in [-0.15, -0.1) is 0 Å². The number of aryl methyl sites for hydroxylation is 1. The van der Waals surface area contributed by atoms with E-state index in [1.165, 1.54) is 7.11 Å². The number of ether oxygens (including phenoxy) is 1. The lowest BCUT2D eigenvalue weighted by atomic mass is 10.0. The molecule has 0 saturated carbocycles. The number of H-pyrrole nitrogens is 2.